The number of hydrogen-bond donors (Lipinski definition) is 2. The van der Waals surface area contributed by atoms with Crippen LogP contribution in [0.4, 0.5) is 5.69 Å². The minimum atomic E-state index is -0.851. The number of carbonyl (C=O) groups excluding carboxylic acids is 1. The fourth-order valence-corrected chi connectivity index (χ4v) is 2.48. The van der Waals surface area contributed by atoms with Crippen LogP contribution in [0, 0.1) is 5.92 Å². The second kappa shape index (κ2) is 7.79. The van der Waals surface area contributed by atoms with Crippen molar-refractivity contribution in [1.82, 2.24) is 5.32 Å². The fraction of sp³-hybridized carbons (Fsp3) is 0.500. The summed E-state index contributed by atoms with van der Waals surface area (Å²) in [6, 6.07) is 7.47. The third kappa shape index (κ3) is 4.46. The zero-order valence-corrected chi connectivity index (χ0v) is 12.7. The van der Waals surface area contributed by atoms with Crippen LogP contribution in [0.2, 0.25) is 0 Å². The third-order valence-corrected chi connectivity index (χ3v) is 3.63. The smallest absolute Gasteiger partial charge is 0.303 e. The minimum absolute atomic E-state index is 0.0470. The topological polar surface area (TPSA) is 78.9 Å². The van der Waals surface area contributed by atoms with Gasteiger partial charge in [-0.15, -0.1) is 0 Å². The molecule has 1 amide bonds. The van der Waals surface area contributed by atoms with Crippen LogP contribution in [0.25, 0.3) is 0 Å². The average Bonchev–Trinajstić information content (AvgIpc) is 2.53. The van der Waals surface area contributed by atoms with Gasteiger partial charge >= 0.3 is 5.97 Å². The summed E-state index contributed by atoms with van der Waals surface area (Å²) in [6.07, 6.45) is 0.0470. The number of aliphatic carboxylic acids is 1. The standard InChI is InChI=1S/C16H22N2O4/c1-12(10-15(19)20)11-17-16(21)13-4-2-3-5-14(13)18-6-8-22-9-7-18/h2-5,12H,6-11H2,1H3,(H,17,21)(H,19,20). The summed E-state index contributed by atoms with van der Waals surface area (Å²) >= 11 is 0. The first kappa shape index (κ1) is 16.3. The number of morpholine rings is 1. The predicted molar refractivity (Wildman–Crippen MR) is 83.2 cm³/mol. The molecule has 1 aliphatic heterocycles. The van der Waals surface area contributed by atoms with Gasteiger partial charge in [-0.25, -0.2) is 0 Å². The van der Waals surface area contributed by atoms with Crippen LogP contribution >= 0.6 is 0 Å². The van der Waals surface area contributed by atoms with Crippen molar-refractivity contribution in [3.63, 3.8) is 0 Å². The first-order valence-corrected chi connectivity index (χ1v) is 7.49. The van der Waals surface area contributed by atoms with Crippen molar-refractivity contribution < 1.29 is 19.4 Å². The molecular weight excluding hydrogens is 284 g/mol. The second-order valence-electron chi connectivity index (χ2n) is 5.53. The number of anilines is 1. The fourth-order valence-electron chi connectivity index (χ4n) is 2.48. The van der Waals surface area contributed by atoms with E-state index in [-0.39, 0.29) is 18.2 Å². The Bertz CT molecular complexity index is 527. The molecule has 1 aromatic rings. The van der Waals surface area contributed by atoms with Gasteiger partial charge < -0.3 is 20.1 Å². The van der Waals surface area contributed by atoms with Gasteiger partial charge in [-0.1, -0.05) is 19.1 Å². The molecule has 2 N–H and O–H groups in total. The molecule has 0 aromatic heterocycles. The molecule has 0 saturated carbocycles. The molecule has 1 aliphatic rings. The van der Waals surface area contributed by atoms with E-state index in [4.69, 9.17) is 9.84 Å². The largest absolute Gasteiger partial charge is 0.481 e. The Morgan fingerprint density at radius 3 is 2.68 bits per heavy atom. The molecule has 6 heteroatoms. The summed E-state index contributed by atoms with van der Waals surface area (Å²) in [7, 11) is 0. The lowest BCUT2D eigenvalue weighted by molar-refractivity contribution is -0.137. The monoisotopic (exact) mass is 306 g/mol. The van der Waals surface area contributed by atoms with Gasteiger partial charge in [0.1, 0.15) is 0 Å². The molecule has 0 aliphatic carbocycles. The number of carboxylic acid groups (broad SMARTS) is 1. The van der Waals surface area contributed by atoms with Crippen LogP contribution in [0.3, 0.4) is 0 Å². The van der Waals surface area contributed by atoms with E-state index in [0.29, 0.717) is 25.3 Å². The number of para-hydroxylation sites is 1. The lowest BCUT2D eigenvalue weighted by atomic mass is 10.1. The molecule has 2 rings (SSSR count). The summed E-state index contributed by atoms with van der Waals surface area (Å²) in [5.74, 6) is -1.12. The lowest BCUT2D eigenvalue weighted by Crippen LogP contribution is -2.38. The lowest BCUT2D eigenvalue weighted by Gasteiger charge is -2.30. The number of benzene rings is 1. The number of rotatable bonds is 6. The van der Waals surface area contributed by atoms with Gasteiger partial charge in [0, 0.05) is 31.7 Å². The van der Waals surface area contributed by atoms with E-state index in [1.165, 1.54) is 0 Å². The molecule has 1 saturated heterocycles. The van der Waals surface area contributed by atoms with Crippen LogP contribution in [0.1, 0.15) is 23.7 Å². The Balaban J connectivity index is 2.01. The van der Waals surface area contributed by atoms with E-state index in [1.54, 1.807) is 6.07 Å². The number of carboxylic acids is 1. The molecule has 120 valence electrons. The van der Waals surface area contributed by atoms with Crippen LogP contribution in [-0.2, 0) is 9.53 Å². The molecule has 6 nitrogen and oxygen atoms in total. The molecule has 1 atom stereocenters. The van der Waals surface area contributed by atoms with Gasteiger partial charge in [-0.3, -0.25) is 9.59 Å². The number of hydrogen-bond acceptors (Lipinski definition) is 4. The molecular formula is C16H22N2O4. The third-order valence-electron chi connectivity index (χ3n) is 3.63. The average molecular weight is 306 g/mol. The van der Waals surface area contributed by atoms with Gasteiger partial charge in [-0.2, -0.15) is 0 Å². The highest BCUT2D eigenvalue weighted by atomic mass is 16.5. The first-order chi connectivity index (χ1) is 10.6. The quantitative estimate of drug-likeness (QED) is 0.830. The second-order valence-corrected chi connectivity index (χ2v) is 5.53. The summed E-state index contributed by atoms with van der Waals surface area (Å²) < 4.78 is 5.34. The van der Waals surface area contributed by atoms with Crippen molar-refractivity contribution in [3.05, 3.63) is 29.8 Å². The van der Waals surface area contributed by atoms with Gasteiger partial charge in [0.05, 0.1) is 18.8 Å². The predicted octanol–water partition coefficient (Wildman–Crippen LogP) is 1.36. The van der Waals surface area contributed by atoms with Gasteiger partial charge in [0.15, 0.2) is 0 Å². The van der Waals surface area contributed by atoms with Crippen LogP contribution in [-0.4, -0.2) is 49.8 Å². The summed E-state index contributed by atoms with van der Waals surface area (Å²) in [5, 5.41) is 11.6. The Morgan fingerprint density at radius 1 is 1.32 bits per heavy atom. The maximum atomic E-state index is 12.4. The van der Waals surface area contributed by atoms with Crippen molar-refractivity contribution >= 4 is 17.6 Å². The SMILES string of the molecule is CC(CNC(=O)c1ccccc1N1CCOCC1)CC(=O)O. The Morgan fingerprint density at radius 2 is 2.00 bits per heavy atom. The van der Waals surface area contributed by atoms with Crippen LogP contribution in [0.5, 0.6) is 0 Å². The van der Waals surface area contributed by atoms with Crippen LogP contribution in [0.15, 0.2) is 24.3 Å². The number of amides is 1. The van der Waals surface area contributed by atoms with Gasteiger partial charge in [-0.05, 0) is 18.1 Å². The zero-order chi connectivity index (χ0) is 15.9. The van der Waals surface area contributed by atoms with E-state index >= 15 is 0 Å². The first-order valence-electron chi connectivity index (χ1n) is 7.49. The molecule has 1 fully saturated rings. The number of nitrogens with zero attached hydrogens (tertiary/aromatic N) is 1. The Hall–Kier alpha value is -2.08. The van der Waals surface area contributed by atoms with Crippen LogP contribution < -0.4 is 10.2 Å². The van der Waals surface area contributed by atoms with Crippen molar-refractivity contribution in [2.24, 2.45) is 5.92 Å². The molecule has 1 unspecified atom stereocenters. The summed E-state index contributed by atoms with van der Waals surface area (Å²) in [5.41, 5.74) is 1.51. The molecule has 1 aromatic carbocycles. The van der Waals surface area contributed by atoms with E-state index < -0.39 is 5.97 Å². The maximum absolute atomic E-state index is 12.4. The summed E-state index contributed by atoms with van der Waals surface area (Å²) in [6.45, 7) is 5.00. The van der Waals surface area contributed by atoms with E-state index in [9.17, 15) is 9.59 Å². The molecule has 1 heterocycles. The van der Waals surface area contributed by atoms with Crippen molar-refractivity contribution in [3.8, 4) is 0 Å². The highest BCUT2D eigenvalue weighted by Gasteiger charge is 2.18. The van der Waals surface area contributed by atoms with E-state index in [1.807, 2.05) is 25.1 Å². The van der Waals surface area contributed by atoms with Crippen molar-refractivity contribution in [2.75, 3.05) is 37.7 Å². The Kier molecular flexibility index (Phi) is 5.77. The molecule has 0 spiro atoms. The Labute approximate surface area is 130 Å². The number of nitrogens with one attached hydrogen (secondary N) is 1. The molecule has 0 bridgehead atoms. The minimum Gasteiger partial charge on any atom is -0.481 e. The molecule has 0 radical (unpaired) electrons. The number of carbonyl (C=O) groups is 2. The van der Waals surface area contributed by atoms with E-state index in [0.717, 1.165) is 18.8 Å². The number of ether oxygens (including phenoxy) is 1. The van der Waals surface area contributed by atoms with Gasteiger partial charge in [0.25, 0.3) is 5.91 Å². The maximum Gasteiger partial charge on any atom is 0.303 e. The highest BCUT2D eigenvalue weighted by molar-refractivity contribution is 5.99. The van der Waals surface area contributed by atoms with E-state index in [2.05, 4.69) is 10.2 Å². The highest BCUT2D eigenvalue weighted by Crippen LogP contribution is 2.21. The molecule has 22 heavy (non-hydrogen) atoms. The normalized spacial score (nSPS) is 16.1. The zero-order valence-electron chi connectivity index (χ0n) is 12.7. The van der Waals surface area contributed by atoms with Gasteiger partial charge in [0.2, 0.25) is 0 Å². The van der Waals surface area contributed by atoms with Crippen molar-refractivity contribution in [1.29, 1.82) is 0 Å². The summed E-state index contributed by atoms with van der Waals surface area (Å²) in [4.78, 5) is 25.2. The van der Waals surface area contributed by atoms with Crippen molar-refractivity contribution in [2.45, 2.75) is 13.3 Å².